The number of anilines is 1. The van der Waals surface area contributed by atoms with Gasteiger partial charge >= 0.3 is 0 Å². The molecule has 2 aromatic rings. The summed E-state index contributed by atoms with van der Waals surface area (Å²) >= 11 is 11.7. The van der Waals surface area contributed by atoms with Gasteiger partial charge in [0, 0.05) is 0 Å². The average molecular weight is 326 g/mol. The van der Waals surface area contributed by atoms with Crippen molar-refractivity contribution in [1.82, 2.24) is 4.98 Å². The number of nitrogens with zero attached hydrogens (tertiary/aromatic N) is 2. The maximum absolute atomic E-state index is 12.2. The minimum atomic E-state index is -0.699. The van der Waals surface area contributed by atoms with Crippen LogP contribution in [0.15, 0.2) is 30.5 Å². The van der Waals surface area contributed by atoms with Crippen LogP contribution >= 0.6 is 23.2 Å². The monoisotopic (exact) mass is 325 g/mol. The number of aromatic nitrogens is 1. The van der Waals surface area contributed by atoms with Crippen LogP contribution < -0.4 is 5.32 Å². The second kappa shape index (κ2) is 6.07. The molecule has 1 N–H and O–H groups in total. The van der Waals surface area contributed by atoms with Crippen molar-refractivity contribution < 1.29 is 9.72 Å². The van der Waals surface area contributed by atoms with Crippen LogP contribution in [0.4, 0.5) is 11.4 Å². The molecule has 21 heavy (non-hydrogen) atoms. The van der Waals surface area contributed by atoms with Gasteiger partial charge < -0.3 is 5.32 Å². The van der Waals surface area contributed by atoms with Gasteiger partial charge in [0.25, 0.3) is 11.6 Å². The normalized spacial score (nSPS) is 10.2. The Hall–Kier alpha value is -2.18. The smallest absolute Gasteiger partial charge is 0.300 e. The molecule has 0 aliphatic heterocycles. The zero-order valence-corrected chi connectivity index (χ0v) is 12.3. The summed E-state index contributed by atoms with van der Waals surface area (Å²) < 4.78 is 0. The Balaban J connectivity index is 2.36. The number of carbonyl (C=O) groups excluding carboxylic acids is 1. The molecular formula is C13H9Cl2N3O3. The third kappa shape index (κ3) is 3.48. The SMILES string of the molecule is Cc1ccc(NC(=O)c2cc(Cl)ncc2[N+](=O)[O-])c(Cl)c1. The Kier molecular flexibility index (Phi) is 4.40. The largest absolute Gasteiger partial charge is 0.320 e. The molecule has 1 heterocycles. The summed E-state index contributed by atoms with van der Waals surface area (Å²) in [6.07, 6.45) is 0.938. The number of carbonyl (C=O) groups is 1. The lowest BCUT2D eigenvalue weighted by molar-refractivity contribution is -0.385. The molecule has 0 aliphatic carbocycles. The summed E-state index contributed by atoms with van der Waals surface area (Å²) in [4.78, 5) is 26.0. The van der Waals surface area contributed by atoms with Gasteiger partial charge in [-0.3, -0.25) is 14.9 Å². The standard InChI is InChI=1S/C13H9Cl2N3O3/c1-7-2-3-10(9(14)4-7)17-13(19)8-5-12(15)16-6-11(8)18(20)21/h2-6H,1H3,(H,17,19). The first-order chi connectivity index (χ1) is 9.88. The number of pyridine rings is 1. The van der Waals surface area contributed by atoms with Crippen molar-refractivity contribution in [3.05, 3.63) is 61.9 Å². The van der Waals surface area contributed by atoms with Crippen LogP contribution in [0.2, 0.25) is 10.2 Å². The summed E-state index contributed by atoms with van der Waals surface area (Å²) in [6.45, 7) is 1.85. The minimum Gasteiger partial charge on any atom is -0.320 e. The second-order valence-electron chi connectivity index (χ2n) is 4.22. The van der Waals surface area contributed by atoms with Gasteiger partial charge in [0.1, 0.15) is 16.9 Å². The fraction of sp³-hybridized carbons (Fsp3) is 0.0769. The maximum atomic E-state index is 12.2. The van der Waals surface area contributed by atoms with Crippen LogP contribution in [-0.4, -0.2) is 15.8 Å². The van der Waals surface area contributed by atoms with E-state index in [1.807, 2.05) is 6.92 Å². The lowest BCUT2D eigenvalue weighted by Crippen LogP contribution is -2.14. The lowest BCUT2D eigenvalue weighted by atomic mass is 10.2. The second-order valence-corrected chi connectivity index (χ2v) is 5.01. The molecule has 1 amide bonds. The van der Waals surface area contributed by atoms with Crippen molar-refractivity contribution in [1.29, 1.82) is 0 Å². The third-order valence-corrected chi connectivity index (χ3v) is 3.18. The highest BCUT2D eigenvalue weighted by Crippen LogP contribution is 2.26. The zero-order chi connectivity index (χ0) is 15.6. The molecule has 0 bridgehead atoms. The molecule has 0 radical (unpaired) electrons. The number of halogens is 2. The molecule has 0 saturated carbocycles. The number of benzene rings is 1. The number of amides is 1. The number of nitro groups is 1. The van der Waals surface area contributed by atoms with Gasteiger partial charge in [-0.25, -0.2) is 4.98 Å². The third-order valence-electron chi connectivity index (χ3n) is 2.66. The molecule has 8 heteroatoms. The molecule has 0 spiro atoms. The summed E-state index contributed by atoms with van der Waals surface area (Å²) in [6, 6.07) is 6.18. The molecule has 6 nitrogen and oxygen atoms in total. The molecule has 108 valence electrons. The number of hydrogen-bond acceptors (Lipinski definition) is 4. The van der Waals surface area contributed by atoms with Gasteiger partial charge in [0.15, 0.2) is 0 Å². The van der Waals surface area contributed by atoms with Crippen molar-refractivity contribution >= 4 is 40.5 Å². The maximum Gasteiger partial charge on any atom is 0.300 e. The summed E-state index contributed by atoms with van der Waals surface area (Å²) in [5, 5.41) is 13.8. The van der Waals surface area contributed by atoms with E-state index in [9.17, 15) is 14.9 Å². The Labute approximate surface area is 129 Å². The van der Waals surface area contributed by atoms with E-state index in [2.05, 4.69) is 10.3 Å². The van der Waals surface area contributed by atoms with Gasteiger partial charge in [-0.15, -0.1) is 0 Å². The highest BCUT2D eigenvalue weighted by molar-refractivity contribution is 6.34. The molecule has 0 unspecified atom stereocenters. The van der Waals surface area contributed by atoms with Crippen LogP contribution in [-0.2, 0) is 0 Å². The van der Waals surface area contributed by atoms with Crippen LogP contribution in [0.3, 0.4) is 0 Å². The molecule has 0 fully saturated rings. The van der Waals surface area contributed by atoms with E-state index in [1.54, 1.807) is 18.2 Å². The van der Waals surface area contributed by atoms with Gasteiger partial charge in [0.05, 0.1) is 15.6 Å². The average Bonchev–Trinajstić information content (AvgIpc) is 2.41. The van der Waals surface area contributed by atoms with Crippen molar-refractivity contribution in [2.45, 2.75) is 6.92 Å². The van der Waals surface area contributed by atoms with E-state index < -0.39 is 16.5 Å². The van der Waals surface area contributed by atoms with Crippen molar-refractivity contribution in [3.8, 4) is 0 Å². The molecule has 2 rings (SSSR count). The summed E-state index contributed by atoms with van der Waals surface area (Å²) in [7, 11) is 0. The highest BCUT2D eigenvalue weighted by Gasteiger charge is 2.22. The van der Waals surface area contributed by atoms with E-state index in [0.717, 1.165) is 17.8 Å². The van der Waals surface area contributed by atoms with Crippen molar-refractivity contribution in [3.63, 3.8) is 0 Å². The Morgan fingerprint density at radius 1 is 1.33 bits per heavy atom. The molecular weight excluding hydrogens is 317 g/mol. The predicted molar refractivity (Wildman–Crippen MR) is 80.0 cm³/mol. The number of aryl methyl sites for hydroxylation is 1. The summed E-state index contributed by atoms with van der Waals surface area (Å²) in [5.41, 5.74) is 0.669. The minimum absolute atomic E-state index is 0.0132. The topological polar surface area (TPSA) is 85.1 Å². The van der Waals surface area contributed by atoms with Crippen LogP contribution in [0.5, 0.6) is 0 Å². The first-order valence-electron chi connectivity index (χ1n) is 5.76. The first kappa shape index (κ1) is 15.2. The molecule has 0 atom stereocenters. The first-order valence-corrected chi connectivity index (χ1v) is 6.51. The predicted octanol–water partition coefficient (Wildman–Crippen LogP) is 3.86. The van der Waals surface area contributed by atoms with E-state index in [-0.39, 0.29) is 10.7 Å². The van der Waals surface area contributed by atoms with Crippen molar-refractivity contribution in [2.24, 2.45) is 0 Å². The van der Waals surface area contributed by atoms with Gasteiger partial charge in [-0.2, -0.15) is 0 Å². The molecule has 1 aromatic heterocycles. The molecule has 1 aromatic carbocycles. The Bertz CT molecular complexity index is 735. The summed E-state index contributed by atoms with van der Waals surface area (Å²) in [5.74, 6) is -0.684. The van der Waals surface area contributed by atoms with Gasteiger partial charge in [0.2, 0.25) is 0 Å². The van der Waals surface area contributed by atoms with Crippen LogP contribution in [0.25, 0.3) is 0 Å². The number of rotatable bonds is 3. The van der Waals surface area contributed by atoms with Gasteiger partial charge in [-0.1, -0.05) is 29.3 Å². The lowest BCUT2D eigenvalue weighted by Gasteiger charge is -2.08. The van der Waals surface area contributed by atoms with E-state index in [4.69, 9.17) is 23.2 Å². The van der Waals surface area contributed by atoms with Gasteiger partial charge in [-0.05, 0) is 30.7 Å². The fourth-order valence-electron chi connectivity index (χ4n) is 1.66. The Morgan fingerprint density at radius 3 is 2.67 bits per heavy atom. The molecule has 0 saturated heterocycles. The number of hydrogen-bond donors (Lipinski definition) is 1. The van der Waals surface area contributed by atoms with E-state index in [1.165, 1.54) is 0 Å². The van der Waals surface area contributed by atoms with Crippen LogP contribution in [0, 0.1) is 17.0 Å². The highest BCUT2D eigenvalue weighted by atomic mass is 35.5. The van der Waals surface area contributed by atoms with E-state index >= 15 is 0 Å². The fourth-order valence-corrected chi connectivity index (χ4v) is 2.10. The molecule has 0 aliphatic rings. The zero-order valence-electron chi connectivity index (χ0n) is 10.8. The number of nitrogens with one attached hydrogen (secondary N) is 1. The van der Waals surface area contributed by atoms with Crippen molar-refractivity contribution in [2.75, 3.05) is 5.32 Å². The Morgan fingerprint density at radius 2 is 2.05 bits per heavy atom. The van der Waals surface area contributed by atoms with E-state index in [0.29, 0.717) is 10.7 Å². The van der Waals surface area contributed by atoms with Crippen LogP contribution in [0.1, 0.15) is 15.9 Å². The quantitative estimate of drug-likeness (QED) is 0.527.